The molecule has 196 valence electrons. The summed E-state index contributed by atoms with van der Waals surface area (Å²) in [6.07, 6.45) is 7.39. The van der Waals surface area contributed by atoms with Crippen LogP contribution in [0.4, 0.5) is 0 Å². The van der Waals surface area contributed by atoms with Crippen LogP contribution in [0.1, 0.15) is 87.5 Å². The van der Waals surface area contributed by atoms with Crippen molar-refractivity contribution in [2.45, 2.75) is 117 Å². The Hall–Kier alpha value is -1.01. The number of fused-ring (bicyclic) bond motifs is 5. The van der Waals surface area contributed by atoms with E-state index in [9.17, 15) is 20.1 Å². The van der Waals surface area contributed by atoms with Crippen molar-refractivity contribution in [2.75, 3.05) is 0 Å². The van der Waals surface area contributed by atoms with E-state index in [1.54, 1.807) is 6.08 Å². The first-order valence-corrected chi connectivity index (χ1v) is 13.6. The predicted molar refractivity (Wildman–Crippen MR) is 135 cm³/mol. The minimum absolute atomic E-state index is 0.0913. The van der Waals surface area contributed by atoms with Crippen LogP contribution in [-0.2, 0) is 9.53 Å². The van der Waals surface area contributed by atoms with Gasteiger partial charge in [0, 0.05) is 23.2 Å². The number of ketones is 1. The highest BCUT2D eigenvalue weighted by atomic mass is 16.5. The molecule has 1 heterocycles. The first-order chi connectivity index (χ1) is 15.9. The highest BCUT2D eigenvalue weighted by molar-refractivity contribution is 5.88. The molecule has 0 aromatic carbocycles. The van der Waals surface area contributed by atoms with Crippen LogP contribution in [0.5, 0.6) is 0 Å². The molecule has 10 unspecified atom stereocenters. The Morgan fingerprint density at radius 3 is 2.26 bits per heavy atom. The SMILES string of the molecule is CC1(C)C=CC(O)C(C)(C2C(O)CC3(C)C4CC=C5C(CCC(O)C5(C)C)C4(C)C(=O)CC23C)O1. The second kappa shape index (κ2) is 7.30. The fourth-order valence-corrected chi connectivity index (χ4v) is 9.93. The smallest absolute Gasteiger partial charge is 0.140 e. The molecule has 3 N–H and O–H groups in total. The summed E-state index contributed by atoms with van der Waals surface area (Å²) in [4.78, 5) is 14.3. The Morgan fingerprint density at radius 1 is 0.943 bits per heavy atom. The fourth-order valence-electron chi connectivity index (χ4n) is 9.93. The molecule has 0 aromatic heterocycles. The third-order valence-corrected chi connectivity index (χ3v) is 12.0. The molecule has 10 atom stereocenters. The quantitative estimate of drug-likeness (QED) is 0.472. The number of hydrogen-bond donors (Lipinski definition) is 3. The van der Waals surface area contributed by atoms with Crippen molar-refractivity contribution in [1.82, 2.24) is 0 Å². The fraction of sp³-hybridized carbons (Fsp3) is 0.833. The van der Waals surface area contributed by atoms with Crippen molar-refractivity contribution in [3.63, 3.8) is 0 Å². The van der Waals surface area contributed by atoms with Crippen LogP contribution in [0.15, 0.2) is 23.8 Å². The van der Waals surface area contributed by atoms with Gasteiger partial charge in [-0.2, -0.15) is 0 Å². The molecule has 3 saturated carbocycles. The molecule has 4 aliphatic carbocycles. The van der Waals surface area contributed by atoms with Crippen LogP contribution in [0.2, 0.25) is 0 Å². The van der Waals surface area contributed by atoms with E-state index in [2.05, 4.69) is 40.7 Å². The highest BCUT2D eigenvalue weighted by Crippen LogP contribution is 2.74. The lowest BCUT2D eigenvalue weighted by Crippen LogP contribution is -2.66. The summed E-state index contributed by atoms with van der Waals surface area (Å²) in [5.74, 6) is 0.114. The number of Topliss-reactive ketones (excluding diaryl/α,β-unsaturated/α-hetero) is 1. The van der Waals surface area contributed by atoms with Gasteiger partial charge in [0.2, 0.25) is 0 Å². The summed E-state index contributed by atoms with van der Waals surface area (Å²) >= 11 is 0. The topological polar surface area (TPSA) is 87.0 Å². The first-order valence-electron chi connectivity index (χ1n) is 13.6. The Kier molecular flexibility index (Phi) is 5.35. The van der Waals surface area contributed by atoms with Gasteiger partial charge in [0.1, 0.15) is 17.5 Å². The maximum atomic E-state index is 14.3. The van der Waals surface area contributed by atoms with E-state index in [1.165, 1.54) is 5.57 Å². The van der Waals surface area contributed by atoms with Gasteiger partial charge in [0.15, 0.2) is 0 Å². The van der Waals surface area contributed by atoms with Gasteiger partial charge in [-0.3, -0.25) is 4.79 Å². The van der Waals surface area contributed by atoms with Gasteiger partial charge in [-0.25, -0.2) is 0 Å². The molecule has 0 bridgehead atoms. The maximum Gasteiger partial charge on any atom is 0.140 e. The van der Waals surface area contributed by atoms with Gasteiger partial charge in [-0.15, -0.1) is 0 Å². The maximum absolute atomic E-state index is 14.3. The van der Waals surface area contributed by atoms with E-state index in [4.69, 9.17) is 4.74 Å². The lowest BCUT2D eigenvalue weighted by atomic mass is 9.38. The zero-order chi connectivity index (χ0) is 26.0. The number of carbonyl (C=O) groups excluding carboxylic acids is 1. The third kappa shape index (κ3) is 3.05. The summed E-state index contributed by atoms with van der Waals surface area (Å²) in [6, 6.07) is 0. The summed E-state index contributed by atoms with van der Waals surface area (Å²) in [6.45, 7) is 16.8. The Bertz CT molecular complexity index is 995. The average molecular weight is 487 g/mol. The van der Waals surface area contributed by atoms with E-state index < -0.39 is 34.2 Å². The van der Waals surface area contributed by atoms with Gasteiger partial charge in [0.05, 0.1) is 17.8 Å². The molecule has 0 radical (unpaired) electrons. The third-order valence-electron chi connectivity index (χ3n) is 12.0. The van der Waals surface area contributed by atoms with Gasteiger partial charge in [-0.05, 0) is 69.1 Å². The molecule has 5 heteroatoms. The Balaban J connectivity index is 1.62. The molecule has 0 amide bonds. The standard InChI is InChI=1S/C30H46O5/c1-25(2)14-13-22(33)30(8,35-25)24-19(31)15-27(5)20-11-9-17-18(10-12-21(32)26(17,3)4)29(20,7)23(34)16-28(24,27)6/h9,13-14,18-22,24,31-33H,10-12,15-16H2,1-8H3. The molecule has 0 spiro atoms. The summed E-state index contributed by atoms with van der Waals surface area (Å²) in [5.41, 5.74) is -1.97. The van der Waals surface area contributed by atoms with Crippen LogP contribution in [0.3, 0.4) is 0 Å². The molecular formula is C30H46O5. The Morgan fingerprint density at radius 2 is 1.60 bits per heavy atom. The zero-order valence-corrected chi connectivity index (χ0v) is 22.9. The van der Waals surface area contributed by atoms with Crippen LogP contribution in [0, 0.1) is 39.4 Å². The molecule has 0 aromatic rings. The van der Waals surface area contributed by atoms with Gasteiger partial charge >= 0.3 is 0 Å². The van der Waals surface area contributed by atoms with Gasteiger partial charge in [-0.1, -0.05) is 58.4 Å². The monoisotopic (exact) mass is 486 g/mol. The van der Waals surface area contributed by atoms with Crippen LogP contribution in [0.25, 0.3) is 0 Å². The van der Waals surface area contributed by atoms with E-state index in [-0.39, 0.29) is 40.5 Å². The van der Waals surface area contributed by atoms with Crippen molar-refractivity contribution >= 4 is 5.78 Å². The minimum Gasteiger partial charge on any atom is -0.393 e. The molecule has 35 heavy (non-hydrogen) atoms. The van der Waals surface area contributed by atoms with Crippen molar-refractivity contribution in [2.24, 2.45) is 39.4 Å². The average Bonchev–Trinajstić information content (AvgIpc) is 2.93. The van der Waals surface area contributed by atoms with E-state index >= 15 is 0 Å². The summed E-state index contributed by atoms with van der Waals surface area (Å²) in [7, 11) is 0. The molecular weight excluding hydrogens is 440 g/mol. The molecule has 0 saturated heterocycles. The van der Waals surface area contributed by atoms with Gasteiger partial charge < -0.3 is 20.1 Å². The second-order valence-electron chi connectivity index (χ2n) is 14.5. The number of allylic oxidation sites excluding steroid dienone is 1. The first kappa shape index (κ1) is 25.6. The number of aliphatic hydroxyl groups is 3. The van der Waals surface area contributed by atoms with Crippen molar-refractivity contribution in [3.8, 4) is 0 Å². The number of carbonyl (C=O) groups is 1. The molecule has 1 aliphatic heterocycles. The lowest BCUT2D eigenvalue weighted by molar-refractivity contribution is -0.234. The van der Waals surface area contributed by atoms with Crippen molar-refractivity contribution in [3.05, 3.63) is 23.8 Å². The number of hydrogen-bond acceptors (Lipinski definition) is 5. The normalized spacial score (nSPS) is 54.5. The predicted octanol–water partition coefficient (Wildman–Crippen LogP) is 4.59. The largest absolute Gasteiger partial charge is 0.393 e. The van der Waals surface area contributed by atoms with E-state index in [1.807, 2.05) is 26.8 Å². The van der Waals surface area contributed by atoms with Gasteiger partial charge in [0.25, 0.3) is 0 Å². The highest BCUT2D eigenvalue weighted by Gasteiger charge is 2.75. The van der Waals surface area contributed by atoms with Crippen LogP contribution < -0.4 is 0 Å². The van der Waals surface area contributed by atoms with E-state index in [0.29, 0.717) is 19.3 Å². The van der Waals surface area contributed by atoms with Crippen molar-refractivity contribution in [1.29, 1.82) is 0 Å². The summed E-state index contributed by atoms with van der Waals surface area (Å²) in [5, 5.41) is 33.6. The Labute approximate surface area is 211 Å². The lowest BCUT2D eigenvalue weighted by Gasteiger charge is -2.65. The molecule has 3 fully saturated rings. The molecule has 5 rings (SSSR count). The molecule has 5 aliphatic rings. The number of rotatable bonds is 1. The number of aliphatic hydroxyl groups excluding tert-OH is 3. The summed E-state index contributed by atoms with van der Waals surface area (Å²) < 4.78 is 6.56. The van der Waals surface area contributed by atoms with Crippen molar-refractivity contribution < 1.29 is 24.9 Å². The number of ether oxygens (including phenoxy) is 1. The minimum atomic E-state index is -0.995. The van der Waals surface area contributed by atoms with Crippen LogP contribution in [-0.4, -0.2) is 50.6 Å². The van der Waals surface area contributed by atoms with E-state index in [0.717, 1.165) is 12.8 Å². The van der Waals surface area contributed by atoms with Crippen LogP contribution >= 0.6 is 0 Å². The zero-order valence-electron chi connectivity index (χ0n) is 22.9. The second-order valence-corrected chi connectivity index (χ2v) is 14.5. The molecule has 5 nitrogen and oxygen atoms in total.